The molecular weight excluding hydrogens is 336 g/mol. The van der Waals surface area contributed by atoms with Crippen molar-refractivity contribution < 1.29 is 28.8 Å². The van der Waals surface area contributed by atoms with Crippen molar-refractivity contribution >= 4 is 12.4 Å². The predicted molar refractivity (Wildman–Crippen MR) is 98.1 cm³/mol. The Morgan fingerprint density at radius 2 is 1.58 bits per heavy atom. The molecule has 0 spiro atoms. The first kappa shape index (κ1) is 19.3. The molecule has 0 saturated heterocycles. The molecule has 0 radical (unpaired) electrons. The standard InChI is InChI=1S/C20H22O6/c1-23-17-9-7-15(12-20(17)25-3)16(22)13-26-18-8-6-14(5-4-10-21)11-19(18)24-2/h4-12,16,22H,13H2,1-3H3/b5-4+. The number of rotatable bonds is 9. The second kappa shape index (κ2) is 9.48. The molecule has 0 saturated carbocycles. The zero-order chi connectivity index (χ0) is 18.9. The quantitative estimate of drug-likeness (QED) is 0.549. The largest absolute Gasteiger partial charge is 0.493 e. The van der Waals surface area contributed by atoms with Crippen LogP contribution in [-0.4, -0.2) is 39.3 Å². The maximum atomic E-state index is 10.4. The van der Waals surface area contributed by atoms with Gasteiger partial charge in [-0.15, -0.1) is 0 Å². The number of hydrogen-bond acceptors (Lipinski definition) is 6. The Balaban J connectivity index is 2.10. The van der Waals surface area contributed by atoms with Crippen LogP contribution < -0.4 is 18.9 Å². The lowest BCUT2D eigenvalue weighted by Gasteiger charge is -2.16. The van der Waals surface area contributed by atoms with Crippen LogP contribution in [0.1, 0.15) is 17.2 Å². The SMILES string of the molecule is COc1ccc(C(O)COc2ccc(/C=C/C=O)cc2OC)cc1OC. The molecular formula is C20H22O6. The first-order valence-corrected chi connectivity index (χ1v) is 7.95. The van der Waals surface area contributed by atoms with Crippen LogP contribution >= 0.6 is 0 Å². The number of carbonyl (C=O) groups excluding carboxylic acids is 1. The summed E-state index contributed by atoms with van der Waals surface area (Å²) in [5, 5.41) is 10.4. The van der Waals surface area contributed by atoms with Gasteiger partial charge in [-0.25, -0.2) is 0 Å². The van der Waals surface area contributed by atoms with E-state index in [1.165, 1.54) is 20.3 Å². The smallest absolute Gasteiger partial charge is 0.161 e. The van der Waals surface area contributed by atoms with Crippen LogP contribution in [0.25, 0.3) is 6.08 Å². The zero-order valence-electron chi connectivity index (χ0n) is 15.0. The molecule has 0 aromatic heterocycles. The van der Waals surface area contributed by atoms with E-state index in [4.69, 9.17) is 18.9 Å². The average Bonchev–Trinajstić information content (AvgIpc) is 2.69. The van der Waals surface area contributed by atoms with Crippen LogP contribution in [0, 0.1) is 0 Å². The summed E-state index contributed by atoms with van der Waals surface area (Å²) in [6.45, 7) is 0.0371. The Hall–Kier alpha value is -2.99. The second-order valence-electron chi connectivity index (χ2n) is 5.35. The number of aliphatic hydroxyl groups is 1. The van der Waals surface area contributed by atoms with Crippen LogP contribution in [0.2, 0.25) is 0 Å². The van der Waals surface area contributed by atoms with E-state index in [1.807, 2.05) is 0 Å². The molecule has 0 bridgehead atoms. The predicted octanol–water partition coefficient (Wildman–Crippen LogP) is 3.04. The van der Waals surface area contributed by atoms with Gasteiger partial charge in [0.05, 0.1) is 21.3 Å². The Morgan fingerprint density at radius 3 is 2.23 bits per heavy atom. The molecule has 138 valence electrons. The van der Waals surface area contributed by atoms with Crippen LogP contribution in [0.5, 0.6) is 23.0 Å². The number of allylic oxidation sites excluding steroid dienone is 1. The highest BCUT2D eigenvalue weighted by Crippen LogP contribution is 2.32. The highest BCUT2D eigenvalue weighted by Gasteiger charge is 2.14. The number of aliphatic hydroxyl groups excluding tert-OH is 1. The van der Waals surface area contributed by atoms with Crippen molar-refractivity contribution in [1.82, 2.24) is 0 Å². The number of methoxy groups -OCH3 is 3. The van der Waals surface area contributed by atoms with E-state index in [-0.39, 0.29) is 6.61 Å². The number of benzene rings is 2. The Kier molecular flexibility index (Phi) is 7.05. The minimum absolute atomic E-state index is 0.0371. The number of ether oxygens (including phenoxy) is 4. The average molecular weight is 358 g/mol. The normalized spacial score (nSPS) is 11.8. The Morgan fingerprint density at radius 1 is 0.923 bits per heavy atom. The lowest BCUT2D eigenvalue weighted by molar-refractivity contribution is -0.104. The molecule has 26 heavy (non-hydrogen) atoms. The van der Waals surface area contributed by atoms with Crippen LogP contribution in [0.4, 0.5) is 0 Å². The van der Waals surface area contributed by atoms with Crippen molar-refractivity contribution in [2.75, 3.05) is 27.9 Å². The van der Waals surface area contributed by atoms with E-state index >= 15 is 0 Å². The van der Waals surface area contributed by atoms with Gasteiger partial charge in [-0.1, -0.05) is 18.2 Å². The van der Waals surface area contributed by atoms with E-state index < -0.39 is 6.10 Å². The number of hydrogen-bond donors (Lipinski definition) is 1. The summed E-state index contributed by atoms with van der Waals surface area (Å²) >= 11 is 0. The first-order chi connectivity index (χ1) is 12.6. The van der Waals surface area contributed by atoms with Gasteiger partial charge in [0.25, 0.3) is 0 Å². The van der Waals surface area contributed by atoms with Crippen LogP contribution in [0.15, 0.2) is 42.5 Å². The second-order valence-corrected chi connectivity index (χ2v) is 5.35. The van der Waals surface area contributed by atoms with Crippen LogP contribution in [0.3, 0.4) is 0 Å². The zero-order valence-corrected chi connectivity index (χ0v) is 15.0. The Bertz CT molecular complexity index is 769. The van der Waals surface area contributed by atoms with Crippen molar-refractivity contribution in [3.8, 4) is 23.0 Å². The summed E-state index contributed by atoms with van der Waals surface area (Å²) in [7, 11) is 4.62. The molecule has 0 aliphatic heterocycles. The van der Waals surface area contributed by atoms with Gasteiger partial charge < -0.3 is 24.1 Å². The lowest BCUT2D eigenvalue weighted by Crippen LogP contribution is -2.10. The van der Waals surface area contributed by atoms with E-state index in [9.17, 15) is 9.90 Å². The third kappa shape index (κ3) is 4.77. The van der Waals surface area contributed by atoms with E-state index in [2.05, 4.69) is 0 Å². The summed E-state index contributed by atoms with van der Waals surface area (Å²) < 4.78 is 21.4. The topological polar surface area (TPSA) is 74.2 Å². The maximum absolute atomic E-state index is 10.4. The maximum Gasteiger partial charge on any atom is 0.161 e. The van der Waals surface area contributed by atoms with E-state index in [0.717, 1.165) is 5.56 Å². The highest BCUT2D eigenvalue weighted by molar-refractivity contribution is 5.74. The van der Waals surface area contributed by atoms with Crippen LogP contribution in [-0.2, 0) is 4.79 Å². The summed E-state index contributed by atoms with van der Waals surface area (Å²) in [4.78, 5) is 10.4. The van der Waals surface area contributed by atoms with Gasteiger partial charge >= 0.3 is 0 Å². The van der Waals surface area contributed by atoms with Gasteiger partial charge in [0.2, 0.25) is 0 Å². The summed E-state index contributed by atoms with van der Waals surface area (Å²) in [6, 6.07) is 10.5. The third-order valence-corrected chi connectivity index (χ3v) is 3.74. The lowest BCUT2D eigenvalue weighted by atomic mass is 10.1. The first-order valence-electron chi connectivity index (χ1n) is 7.95. The van der Waals surface area contributed by atoms with Crippen molar-refractivity contribution in [2.45, 2.75) is 6.10 Å². The molecule has 0 fully saturated rings. The molecule has 2 aromatic rings. The van der Waals surface area contributed by atoms with Crippen molar-refractivity contribution in [3.63, 3.8) is 0 Å². The molecule has 6 heteroatoms. The molecule has 1 unspecified atom stereocenters. The molecule has 0 aliphatic rings. The molecule has 1 N–H and O–H groups in total. The van der Waals surface area contributed by atoms with Crippen molar-refractivity contribution in [2.24, 2.45) is 0 Å². The van der Waals surface area contributed by atoms with E-state index in [0.29, 0.717) is 34.8 Å². The molecule has 0 aliphatic carbocycles. The fourth-order valence-electron chi connectivity index (χ4n) is 2.38. The number of aldehydes is 1. The monoisotopic (exact) mass is 358 g/mol. The van der Waals surface area contributed by atoms with Gasteiger partial charge in [0.1, 0.15) is 19.0 Å². The van der Waals surface area contributed by atoms with Gasteiger partial charge in [0, 0.05) is 0 Å². The highest BCUT2D eigenvalue weighted by atomic mass is 16.5. The molecule has 1 atom stereocenters. The minimum Gasteiger partial charge on any atom is -0.493 e. The van der Waals surface area contributed by atoms with Gasteiger partial charge in [0.15, 0.2) is 23.0 Å². The summed E-state index contributed by atoms with van der Waals surface area (Å²) in [5.41, 5.74) is 1.45. The molecule has 2 aromatic carbocycles. The van der Waals surface area contributed by atoms with Crippen molar-refractivity contribution in [1.29, 1.82) is 0 Å². The van der Waals surface area contributed by atoms with Gasteiger partial charge in [-0.05, 0) is 41.5 Å². The number of carbonyl (C=O) groups is 1. The van der Waals surface area contributed by atoms with E-state index in [1.54, 1.807) is 49.6 Å². The minimum atomic E-state index is -0.853. The summed E-state index contributed by atoms with van der Waals surface area (Å²) in [6.07, 6.45) is 2.92. The van der Waals surface area contributed by atoms with Gasteiger partial charge in [-0.2, -0.15) is 0 Å². The fourth-order valence-corrected chi connectivity index (χ4v) is 2.38. The van der Waals surface area contributed by atoms with Crippen molar-refractivity contribution in [3.05, 3.63) is 53.6 Å². The third-order valence-electron chi connectivity index (χ3n) is 3.74. The van der Waals surface area contributed by atoms with Gasteiger partial charge in [-0.3, -0.25) is 4.79 Å². The molecule has 6 nitrogen and oxygen atoms in total. The summed E-state index contributed by atoms with van der Waals surface area (Å²) in [5.74, 6) is 2.13. The fraction of sp³-hybridized carbons (Fsp3) is 0.250. The Labute approximate surface area is 152 Å². The molecule has 0 amide bonds. The molecule has 2 rings (SSSR count). The molecule has 0 heterocycles.